The fourth-order valence-corrected chi connectivity index (χ4v) is 3.62. The number of likely N-dealkylation sites (tertiary alicyclic amines) is 1. The van der Waals surface area contributed by atoms with Crippen LogP contribution < -0.4 is 5.32 Å². The third-order valence-corrected chi connectivity index (χ3v) is 5.19. The first-order chi connectivity index (χ1) is 13.3. The SMILES string of the molecule is O=C(Nc1ccc(-c2ccccc2)c(C(F)(F)F)c1)[C@H]1CC(=O)N(C2CC2)C1. The Morgan fingerprint density at radius 2 is 1.79 bits per heavy atom. The molecule has 2 amide bonds. The van der Waals surface area contributed by atoms with E-state index < -0.39 is 23.6 Å². The van der Waals surface area contributed by atoms with E-state index in [2.05, 4.69) is 5.32 Å². The number of benzene rings is 2. The van der Waals surface area contributed by atoms with E-state index >= 15 is 0 Å². The summed E-state index contributed by atoms with van der Waals surface area (Å²) in [7, 11) is 0. The zero-order valence-electron chi connectivity index (χ0n) is 15.0. The van der Waals surface area contributed by atoms with Gasteiger partial charge in [-0.1, -0.05) is 36.4 Å². The monoisotopic (exact) mass is 388 g/mol. The standard InChI is InChI=1S/C21H19F3N2O2/c22-21(23,24)18-11-15(6-9-17(18)13-4-2-1-3-5-13)25-20(28)14-10-19(27)26(12-14)16-7-8-16/h1-6,9,11,14,16H,7-8,10,12H2,(H,25,28)/t14-/m0/s1. The maximum Gasteiger partial charge on any atom is 0.417 e. The minimum Gasteiger partial charge on any atom is -0.339 e. The van der Waals surface area contributed by atoms with E-state index in [1.54, 1.807) is 35.2 Å². The summed E-state index contributed by atoms with van der Waals surface area (Å²) in [6.45, 7) is 0.337. The second-order valence-electron chi connectivity index (χ2n) is 7.29. The van der Waals surface area contributed by atoms with Gasteiger partial charge in [-0.2, -0.15) is 13.2 Å². The van der Waals surface area contributed by atoms with E-state index in [1.807, 2.05) is 0 Å². The van der Waals surface area contributed by atoms with Gasteiger partial charge in [-0.25, -0.2) is 0 Å². The molecule has 1 aliphatic heterocycles. The molecule has 0 radical (unpaired) electrons. The van der Waals surface area contributed by atoms with E-state index in [1.165, 1.54) is 12.1 Å². The second kappa shape index (κ2) is 6.96. The normalized spacial score (nSPS) is 19.8. The summed E-state index contributed by atoms with van der Waals surface area (Å²) in [6, 6.07) is 12.3. The molecular weight excluding hydrogens is 369 g/mol. The van der Waals surface area contributed by atoms with Crippen LogP contribution in [0, 0.1) is 5.92 Å². The maximum atomic E-state index is 13.6. The van der Waals surface area contributed by atoms with Gasteiger partial charge in [-0.15, -0.1) is 0 Å². The number of carbonyl (C=O) groups excluding carboxylic acids is 2. The number of hydrogen-bond acceptors (Lipinski definition) is 2. The molecule has 146 valence electrons. The third kappa shape index (κ3) is 3.74. The molecule has 0 aromatic heterocycles. The van der Waals surface area contributed by atoms with Crippen LogP contribution in [0.4, 0.5) is 18.9 Å². The summed E-state index contributed by atoms with van der Waals surface area (Å²) in [6.07, 6.45) is -2.54. The molecule has 0 bridgehead atoms. The highest BCUT2D eigenvalue weighted by Gasteiger charge is 2.42. The third-order valence-electron chi connectivity index (χ3n) is 5.19. The first-order valence-corrected chi connectivity index (χ1v) is 9.20. The second-order valence-corrected chi connectivity index (χ2v) is 7.29. The lowest BCUT2D eigenvalue weighted by Crippen LogP contribution is -2.29. The van der Waals surface area contributed by atoms with Crippen LogP contribution in [-0.4, -0.2) is 29.3 Å². The fraction of sp³-hybridized carbons (Fsp3) is 0.333. The maximum absolute atomic E-state index is 13.6. The van der Waals surface area contributed by atoms with Crippen LogP contribution in [0.3, 0.4) is 0 Å². The minimum absolute atomic E-state index is 0.0574. The van der Waals surface area contributed by atoms with Crippen molar-refractivity contribution in [2.24, 2.45) is 5.92 Å². The van der Waals surface area contributed by atoms with Gasteiger partial charge in [0.25, 0.3) is 0 Å². The molecule has 1 saturated heterocycles. The van der Waals surface area contributed by atoms with E-state index in [-0.39, 0.29) is 29.6 Å². The van der Waals surface area contributed by atoms with Crippen LogP contribution in [0.1, 0.15) is 24.8 Å². The number of carbonyl (C=O) groups is 2. The van der Waals surface area contributed by atoms with E-state index in [0.717, 1.165) is 18.9 Å². The van der Waals surface area contributed by atoms with Crippen molar-refractivity contribution in [3.63, 3.8) is 0 Å². The van der Waals surface area contributed by atoms with Crippen LogP contribution in [0.2, 0.25) is 0 Å². The molecule has 1 heterocycles. The molecule has 4 nitrogen and oxygen atoms in total. The van der Waals surface area contributed by atoms with Crippen LogP contribution in [0.25, 0.3) is 11.1 Å². The molecule has 0 unspecified atom stereocenters. The summed E-state index contributed by atoms with van der Waals surface area (Å²) in [4.78, 5) is 26.2. The zero-order valence-corrected chi connectivity index (χ0v) is 15.0. The van der Waals surface area contributed by atoms with Crippen molar-refractivity contribution in [1.29, 1.82) is 0 Å². The number of nitrogens with one attached hydrogen (secondary N) is 1. The summed E-state index contributed by atoms with van der Waals surface area (Å²) < 4.78 is 40.8. The van der Waals surface area contributed by atoms with Crippen molar-refractivity contribution in [3.05, 3.63) is 54.1 Å². The number of alkyl halides is 3. The van der Waals surface area contributed by atoms with Crippen molar-refractivity contribution in [2.45, 2.75) is 31.5 Å². The molecular formula is C21H19F3N2O2. The van der Waals surface area contributed by atoms with Crippen LogP contribution in [0.5, 0.6) is 0 Å². The van der Waals surface area contributed by atoms with Gasteiger partial charge >= 0.3 is 6.18 Å². The topological polar surface area (TPSA) is 49.4 Å². The Balaban J connectivity index is 1.55. The Morgan fingerprint density at radius 1 is 1.07 bits per heavy atom. The average molecular weight is 388 g/mol. The minimum atomic E-state index is -4.56. The highest BCUT2D eigenvalue weighted by atomic mass is 19.4. The highest BCUT2D eigenvalue weighted by Crippen LogP contribution is 2.39. The molecule has 1 atom stereocenters. The van der Waals surface area contributed by atoms with E-state index in [4.69, 9.17) is 0 Å². The van der Waals surface area contributed by atoms with Gasteiger partial charge in [0.15, 0.2) is 0 Å². The first kappa shape index (κ1) is 18.5. The number of halogens is 3. The van der Waals surface area contributed by atoms with Crippen molar-refractivity contribution >= 4 is 17.5 Å². The summed E-state index contributed by atoms with van der Waals surface area (Å²) in [5, 5.41) is 2.56. The van der Waals surface area contributed by atoms with Crippen molar-refractivity contribution in [1.82, 2.24) is 4.90 Å². The first-order valence-electron chi connectivity index (χ1n) is 9.20. The summed E-state index contributed by atoms with van der Waals surface area (Å²) in [5.74, 6) is -1.01. The lowest BCUT2D eigenvalue weighted by atomic mass is 9.98. The van der Waals surface area contributed by atoms with Crippen LogP contribution in [-0.2, 0) is 15.8 Å². The number of nitrogens with zero attached hydrogens (tertiary/aromatic N) is 1. The molecule has 2 fully saturated rings. The smallest absolute Gasteiger partial charge is 0.339 e. The Bertz CT molecular complexity index is 908. The van der Waals surface area contributed by atoms with Gasteiger partial charge in [-0.3, -0.25) is 9.59 Å². The van der Waals surface area contributed by atoms with Crippen LogP contribution >= 0.6 is 0 Å². The molecule has 7 heteroatoms. The van der Waals surface area contributed by atoms with Gasteiger partial charge in [0.1, 0.15) is 0 Å². The average Bonchev–Trinajstić information content (AvgIpc) is 3.43. The van der Waals surface area contributed by atoms with Crippen molar-refractivity contribution < 1.29 is 22.8 Å². The predicted molar refractivity (Wildman–Crippen MR) is 98.4 cm³/mol. The van der Waals surface area contributed by atoms with Crippen LogP contribution in [0.15, 0.2) is 48.5 Å². The largest absolute Gasteiger partial charge is 0.417 e. The highest BCUT2D eigenvalue weighted by molar-refractivity contribution is 5.97. The zero-order chi connectivity index (χ0) is 19.9. The number of anilines is 1. The number of hydrogen-bond donors (Lipinski definition) is 1. The number of amides is 2. The molecule has 28 heavy (non-hydrogen) atoms. The number of rotatable bonds is 4. The van der Waals surface area contributed by atoms with Gasteiger partial charge < -0.3 is 10.2 Å². The summed E-state index contributed by atoms with van der Waals surface area (Å²) >= 11 is 0. The molecule has 2 aromatic carbocycles. The quantitative estimate of drug-likeness (QED) is 0.848. The van der Waals surface area contributed by atoms with Crippen molar-refractivity contribution in [3.8, 4) is 11.1 Å². The molecule has 1 saturated carbocycles. The van der Waals surface area contributed by atoms with Crippen molar-refractivity contribution in [2.75, 3.05) is 11.9 Å². The molecule has 1 aliphatic carbocycles. The van der Waals surface area contributed by atoms with E-state index in [0.29, 0.717) is 12.1 Å². The lowest BCUT2D eigenvalue weighted by molar-refractivity contribution is -0.137. The predicted octanol–water partition coefficient (Wildman–Crippen LogP) is 4.32. The Labute approximate surface area is 160 Å². The fourth-order valence-electron chi connectivity index (χ4n) is 3.62. The Morgan fingerprint density at radius 3 is 2.43 bits per heavy atom. The molecule has 4 rings (SSSR count). The van der Waals surface area contributed by atoms with Gasteiger partial charge in [-0.05, 0) is 36.1 Å². The molecule has 0 spiro atoms. The van der Waals surface area contributed by atoms with Gasteiger partial charge in [0, 0.05) is 24.7 Å². The molecule has 2 aliphatic rings. The Kier molecular flexibility index (Phi) is 4.61. The summed E-state index contributed by atoms with van der Waals surface area (Å²) in [5.41, 5.74) is -0.218. The lowest BCUT2D eigenvalue weighted by Gasteiger charge is -2.17. The van der Waals surface area contributed by atoms with E-state index in [9.17, 15) is 22.8 Å². The van der Waals surface area contributed by atoms with Gasteiger partial charge in [0.2, 0.25) is 11.8 Å². The van der Waals surface area contributed by atoms with Gasteiger partial charge in [0.05, 0.1) is 11.5 Å². The molecule has 2 aromatic rings. The Hall–Kier alpha value is -2.83. The molecule has 1 N–H and O–H groups in total.